The number of aromatic nitrogens is 4. The zero-order chi connectivity index (χ0) is 18.6. The minimum absolute atomic E-state index is 0.0700. The van der Waals surface area contributed by atoms with E-state index in [0.29, 0.717) is 12.1 Å². The van der Waals surface area contributed by atoms with E-state index in [1.807, 2.05) is 36.5 Å². The highest BCUT2D eigenvalue weighted by molar-refractivity contribution is 5.93. The topological polar surface area (TPSA) is 56.0 Å². The number of amides is 1. The first kappa shape index (κ1) is 17.5. The highest BCUT2D eigenvalue weighted by Gasteiger charge is 2.28. The van der Waals surface area contributed by atoms with E-state index >= 15 is 0 Å². The van der Waals surface area contributed by atoms with Crippen molar-refractivity contribution in [3.05, 3.63) is 72.1 Å². The fourth-order valence-corrected chi connectivity index (χ4v) is 3.80. The van der Waals surface area contributed by atoms with Crippen LogP contribution in [0, 0.1) is 0 Å². The Bertz CT molecular complexity index is 898. The van der Waals surface area contributed by atoms with Crippen molar-refractivity contribution in [2.45, 2.75) is 38.8 Å². The largest absolute Gasteiger partial charge is 0.338 e. The molecule has 1 amide bonds. The molecule has 3 heterocycles. The normalized spacial score (nSPS) is 17.2. The molecule has 6 nitrogen and oxygen atoms in total. The van der Waals surface area contributed by atoms with Crippen molar-refractivity contribution < 1.29 is 4.79 Å². The second kappa shape index (κ2) is 7.78. The molecule has 0 saturated carbocycles. The first-order chi connectivity index (χ1) is 13.2. The van der Waals surface area contributed by atoms with Crippen molar-refractivity contribution >= 4 is 5.91 Å². The van der Waals surface area contributed by atoms with Gasteiger partial charge in [-0.15, -0.1) is 0 Å². The highest BCUT2D eigenvalue weighted by Crippen LogP contribution is 2.27. The summed E-state index contributed by atoms with van der Waals surface area (Å²) in [5.74, 6) is 1.41. The summed E-state index contributed by atoms with van der Waals surface area (Å²) in [6, 6.07) is 10.4. The van der Waals surface area contributed by atoms with Gasteiger partial charge in [0.15, 0.2) is 0 Å². The van der Waals surface area contributed by atoms with Crippen LogP contribution in [0.3, 0.4) is 0 Å². The second-order valence-corrected chi connectivity index (χ2v) is 7.07. The third-order valence-electron chi connectivity index (χ3n) is 5.22. The number of benzene rings is 1. The van der Waals surface area contributed by atoms with Crippen LogP contribution in [0.15, 0.2) is 55.1 Å². The maximum atomic E-state index is 12.9. The number of rotatable bonds is 5. The van der Waals surface area contributed by atoms with E-state index in [-0.39, 0.29) is 11.8 Å². The van der Waals surface area contributed by atoms with E-state index in [0.717, 1.165) is 38.3 Å². The fourth-order valence-electron chi connectivity index (χ4n) is 3.80. The molecule has 1 unspecified atom stereocenters. The van der Waals surface area contributed by atoms with Crippen molar-refractivity contribution in [2.75, 3.05) is 13.1 Å². The van der Waals surface area contributed by atoms with Gasteiger partial charge in [0.1, 0.15) is 5.82 Å². The van der Waals surface area contributed by atoms with Crippen LogP contribution < -0.4 is 0 Å². The molecule has 1 saturated heterocycles. The Morgan fingerprint density at radius 1 is 1.26 bits per heavy atom. The van der Waals surface area contributed by atoms with Gasteiger partial charge in [-0.2, -0.15) is 5.10 Å². The van der Waals surface area contributed by atoms with Crippen molar-refractivity contribution in [3.8, 4) is 0 Å². The molecule has 0 radical (unpaired) electrons. The molecule has 0 N–H and O–H groups in total. The van der Waals surface area contributed by atoms with Gasteiger partial charge in [-0.1, -0.05) is 30.3 Å². The van der Waals surface area contributed by atoms with E-state index < -0.39 is 0 Å². The molecule has 1 aliphatic rings. The number of hydrogen-bond acceptors (Lipinski definition) is 3. The number of imidazole rings is 1. The maximum Gasteiger partial charge on any atom is 0.257 e. The second-order valence-electron chi connectivity index (χ2n) is 7.07. The number of carbonyl (C=O) groups is 1. The van der Waals surface area contributed by atoms with Crippen LogP contribution in [0.5, 0.6) is 0 Å². The minimum Gasteiger partial charge on any atom is -0.338 e. The first-order valence-electron chi connectivity index (χ1n) is 9.61. The predicted molar refractivity (Wildman–Crippen MR) is 104 cm³/mol. The fraction of sp³-hybridized carbons (Fsp3) is 0.381. The Balaban J connectivity index is 1.49. The molecule has 2 aromatic heterocycles. The number of carbonyl (C=O) groups excluding carboxylic acids is 1. The highest BCUT2D eigenvalue weighted by atomic mass is 16.2. The van der Waals surface area contributed by atoms with Gasteiger partial charge in [-0.25, -0.2) is 4.98 Å². The number of aryl methyl sites for hydroxylation is 1. The lowest BCUT2D eigenvalue weighted by Crippen LogP contribution is -2.39. The van der Waals surface area contributed by atoms with Gasteiger partial charge in [0, 0.05) is 50.7 Å². The molecule has 140 valence electrons. The standard InChI is InChI=1S/C21H25N5O/c1-2-26-16-19(13-23-26)21(27)25-11-6-9-18(15-25)20-22-10-12-24(20)14-17-7-4-3-5-8-17/h3-5,7-8,10,12-13,16,18H,2,6,9,11,14-15H2,1H3. The molecule has 1 aliphatic heterocycles. The molecule has 4 rings (SSSR count). The lowest BCUT2D eigenvalue weighted by atomic mass is 9.96. The quantitative estimate of drug-likeness (QED) is 0.700. The molecule has 6 heteroatoms. The van der Waals surface area contributed by atoms with Crippen molar-refractivity contribution in [1.82, 2.24) is 24.2 Å². The van der Waals surface area contributed by atoms with Crippen molar-refractivity contribution in [2.24, 2.45) is 0 Å². The number of hydrogen-bond donors (Lipinski definition) is 0. The van der Waals surface area contributed by atoms with Gasteiger partial charge < -0.3 is 9.47 Å². The third kappa shape index (κ3) is 3.79. The smallest absolute Gasteiger partial charge is 0.257 e. The summed E-state index contributed by atoms with van der Waals surface area (Å²) in [5.41, 5.74) is 1.93. The summed E-state index contributed by atoms with van der Waals surface area (Å²) in [4.78, 5) is 19.4. The summed E-state index contributed by atoms with van der Waals surface area (Å²) >= 11 is 0. The average Bonchev–Trinajstić information content (AvgIpc) is 3.38. The van der Waals surface area contributed by atoms with Gasteiger partial charge >= 0.3 is 0 Å². The van der Waals surface area contributed by atoms with E-state index in [9.17, 15) is 4.79 Å². The third-order valence-corrected chi connectivity index (χ3v) is 5.22. The number of piperidine rings is 1. The lowest BCUT2D eigenvalue weighted by molar-refractivity contribution is 0.0703. The average molecular weight is 363 g/mol. The van der Waals surface area contributed by atoms with Crippen LogP contribution in [0.1, 0.15) is 47.4 Å². The Kier molecular flexibility index (Phi) is 5.05. The zero-order valence-electron chi connectivity index (χ0n) is 15.7. The van der Waals surface area contributed by atoms with Crippen LogP contribution >= 0.6 is 0 Å². The van der Waals surface area contributed by atoms with Crippen LogP contribution in [0.4, 0.5) is 0 Å². The van der Waals surface area contributed by atoms with Crippen LogP contribution in [-0.4, -0.2) is 43.2 Å². The molecule has 1 fully saturated rings. The summed E-state index contributed by atoms with van der Waals surface area (Å²) in [7, 11) is 0. The summed E-state index contributed by atoms with van der Waals surface area (Å²) in [6.45, 7) is 5.11. The van der Waals surface area contributed by atoms with Crippen LogP contribution in [0.2, 0.25) is 0 Å². The SMILES string of the molecule is CCn1cc(C(=O)N2CCCC(c3nccn3Cc3ccccc3)C2)cn1. The van der Waals surface area contributed by atoms with E-state index in [2.05, 4.69) is 38.9 Å². The molecule has 1 aromatic carbocycles. The number of nitrogens with zero attached hydrogens (tertiary/aromatic N) is 5. The van der Waals surface area contributed by atoms with Crippen LogP contribution in [-0.2, 0) is 13.1 Å². The van der Waals surface area contributed by atoms with Gasteiger partial charge in [-0.3, -0.25) is 9.48 Å². The summed E-state index contributed by atoms with van der Waals surface area (Å²) in [6.07, 6.45) is 9.47. The van der Waals surface area contributed by atoms with E-state index in [4.69, 9.17) is 0 Å². The van der Waals surface area contributed by atoms with Gasteiger partial charge in [0.05, 0.1) is 11.8 Å². The molecule has 0 spiro atoms. The zero-order valence-corrected chi connectivity index (χ0v) is 15.7. The monoisotopic (exact) mass is 363 g/mol. The minimum atomic E-state index is 0.0700. The lowest BCUT2D eigenvalue weighted by Gasteiger charge is -2.32. The Morgan fingerprint density at radius 3 is 2.89 bits per heavy atom. The molecule has 27 heavy (non-hydrogen) atoms. The van der Waals surface area contributed by atoms with Gasteiger partial charge in [0.25, 0.3) is 5.91 Å². The predicted octanol–water partition coefficient (Wildman–Crippen LogP) is 3.17. The van der Waals surface area contributed by atoms with Gasteiger partial charge in [-0.05, 0) is 25.3 Å². The maximum absolute atomic E-state index is 12.9. The molecular formula is C21H25N5O. The van der Waals surface area contributed by atoms with E-state index in [1.165, 1.54) is 5.56 Å². The first-order valence-corrected chi connectivity index (χ1v) is 9.61. The summed E-state index contributed by atoms with van der Waals surface area (Å²) in [5, 5.41) is 4.23. The number of likely N-dealkylation sites (tertiary alicyclic amines) is 1. The molecule has 1 atom stereocenters. The van der Waals surface area contributed by atoms with Crippen LogP contribution in [0.25, 0.3) is 0 Å². The summed E-state index contributed by atoms with van der Waals surface area (Å²) < 4.78 is 4.00. The Hall–Kier alpha value is -2.89. The molecular weight excluding hydrogens is 338 g/mol. The Labute approximate surface area is 159 Å². The molecule has 0 aliphatic carbocycles. The molecule has 0 bridgehead atoms. The van der Waals surface area contributed by atoms with Gasteiger partial charge in [0.2, 0.25) is 0 Å². The molecule has 3 aromatic rings. The van der Waals surface area contributed by atoms with Crippen molar-refractivity contribution in [1.29, 1.82) is 0 Å². The Morgan fingerprint density at radius 2 is 2.11 bits per heavy atom. The van der Waals surface area contributed by atoms with Crippen molar-refractivity contribution in [3.63, 3.8) is 0 Å². The van der Waals surface area contributed by atoms with E-state index in [1.54, 1.807) is 10.9 Å².